The number of ether oxygens (including phenoxy) is 1. The third-order valence-corrected chi connectivity index (χ3v) is 3.43. The highest BCUT2D eigenvalue weighted by molar-refractivity contribution is 9.10. The molecule has 0 saturated carbocycles. The van der Waals surface area contributed by atoms with Crippen LogP contribution in [0.4, 0.5) is 0 Å². The zero-order chi connectivity index (χ0) is 14.4. The van der Waals surface area contributed by atoms with Crippen LogP contribution < -0.4 is 10.5 Å². The van der Waals surface area contributed by atoms with Gasteiger partial charge in [0, 0.05) is 29.3 Å². The van der Waals surface area contributed by atoms with Gasteiger partial charge < -0.3 is 10.5 Å². The van der Waals surface area contributed by atoms with Crippen LogP contribution >= 0.6 is 15.9 Å². The van der Waals surface area contributed by atoms with Crippen molar-refractivity contribution in [3.05, 3.63) is 58.3 Å². The second kappa shape index (κ2) is 7.41. The molecule has 0 aliphatic heterocycles. The molecule has 20 heavy (non-hydrogen) atoms. The van der Waals surface area contributed by atoms with Crippen LogP contribution in [0.3, 0.4) is 0 Å². The van der Waals surface area contributed by atoms with E-state index in [1.165, 1.54) is 5.56 Å². The van der Waals surface area contributed by atoms with E-state index in [1.54, 1.807) is 6.20 Å². The van der Waals surface area contributed by atoms with Gasteiger partial charge in [0.2, 0.25) is 0 Å². The first-order valence-corrected chi connectivity index (χ1v) is 7.50. The van der Waals surface area contributed by atoms with Gasteiger partial charge in [-0.2, -0.15) is 0 Å². The Morgan fingerprint density at radius 2 is 2.20 bits per heavy atom. The van der Waals surface area contributed by atoms with Gasteiger partial charge in [-0.1, -0.05) is 22.0 Å². The molecule has 2 rings (SSSR count). The molecular weight excluding hydrogens is 316 g/mol. The van der Waals surface area contributed by atoms with E-state index in [9.17, 15) is 0 Å². The first kappa shape index (κ1) is 15.0. The Kier molecular flexibility index (Phi) is 5.56. The summed E-state index contributed by atoms with van der Waals surface area (Å²) in [5, 5.41) is 0. The molecule has 0 aliphatic carbocycles. The van der Waals surface area contributed by atoms with Gasteiger partial charge in [-0.15, -0.1) is 0 Å². The molecule has 0 bridgehead atoms. The summed E-state index contributed by atoms with van der Waals surface area (Å²) in [5.74, 6) is 0.911. The van der Waals surface area contributed by atoms with Crippen molar-refractivity contribution in [3.8, 4) is 5.75 Å². The highest BCUT2D eigenvalue weighted by Gasteiger charge is 2.07. The van der Waals surface area contributed by atoms with E-state index in [0.717, 1.165) is 28.6 Å². The highest BCUT2D eigenvalue weighted by atomic mass is 79.9. The minimum atomic E-state index is 0.116. The molecule has 0 amide bonds. The predicted molar refractivity (Wildman–Crippen MR) is 84.9 cm³/mol. The van der Waals surface area contributed by atoms with Crippen LogP contribution in [-0.2, 0) is 12.8 Å². The van der Waals surface area contributed by atoms with E-state index in [0.29, 0.717) is 6.61 Å². The summed E-state index contributed by atoms with van der Waals surface area (Å²) in [6.07, 6.45) is 5.30. The Hall–Kier alpha value is -1.39. The Bertz CT molecular complexity index is 543. The third kappa shape index (κ3) is 4.62. The lowest BCUT2D eigenvalue weighted by molar-refractivity contribution is 0.318. The van der Waals surface area contributed by atoms with Crippen molar-refractivity contribution in [3.63, 3.8) is 0 Å². The van der Waals surface area contributed by atoms with Crippen molar-refractivity contribution in [1.29, 1.82) is 0 Å². The van der Waals surface area contributed by atoms with Crippen LogP contribution in [0, 0.1) is 0 Å². The molecule has 0 saturated heterocycles. The standard InChI is InChI=1S/C16H19BrN2O/c1-12(18)9-14-10-15(17)4-5-16(14)20-8-6-13-3-2-7-19-11-13/h2-5,7,10-12H,6,8-9,18H2,1H3. The van der Waals surface area contributed by atoms with E-state index in [2.05, 4.69) is 33.0 Å². The van der Waals surface area contributed by atoms with Crippen molar-refractivity contribution in [2.75, 3.05) is 6.61 Å². The summed E-state index contributed by atoms with van der Waals surface area (Å²) >= 11 is 3.49. The molecule has 1 aromatic carbocycles. The largest absolute Gasteiger partial charge is 0.493 e. The number of pyridine rings is 1. The Morgan fingerprint density at radius 1 is 1.35 bits per heavy atom. The second-order valence-electron chi connectivity index (χ2n) is 4.89. The molecule has 0 radical (unpaired) electrons. The molecule has 4 heteroatoms. The third-order valence-electron chi connectivity index (χ3n) is 2.94. The fraction of sp³-hybridized carbons (Fsp3) is 0.312. The van der Waals surface area contributed by atoms with Crippen LogP contribution in [-0.4, -0.2) is 17.6 Å². The maximum Gasteiger partial charge on any atom is 0.122 e. The van der Waals surface area contributed by atoms with Gasteiger partial charge in [0.1, 0.15) is 5.75 Å². The monoisotopic (exact) mass is 334 g/mol. The van der Waals surface area contributed by atoms with Crippen molar-refractivity contribution in [2.45, 2.75) is 25.8 Å². The Balaban J connectivity index is 1.98. The molecule has 106 valence electrons. The Labute approximate surface area is 128 Å². The molecule has 3 nitrogen and oxygen atoms in total. The number of aromatic nitrogens is 1. The number of nitrogens with two attached hydrogens (primary N) is 1. The summed E-state index contributed by atoms with van der Waals surface area (Å²) in [4.78, 5) is 4.10. The number of nitrogens with zero attached hydrogens (tertiary/aromatic N) is 1. The summed E-state index contributed by atoms with van der Waals surface area (Å²) in [6.45, 7) is 2.64. The first-order chi connectivity index (χ1) is 9.65. The number of hydrogen-bond donors (Lipinski definition) is 1. The van der Waals surface area contributed by atoms with E-state index in [-0.39, 0.29) is 6.04 Å². The molecule has 1 aromatic heterocycles. The molecule has 0 fully saturated rings. The lowest BCUT2D eigenvalue weighted by atomic mass is 10.1. The second-order valence-corrected chi connectivity index (χ2v) is 5.81. The predicted octanol–water partition coefficient (Wildman–Crippen LogP) is 3.36. The smallest absolute Gasteiger partial charge is 0.122 e. The van der Waals surface area contributed by atoms with Gasteiger partial charge in [0.05, 0.1) is 6.61 Å². The summed E-state index contributed by atoms with van der Waals surface area (Å²) in [6, 6.07) is 10.2. The fourth-order valence-corrected chi connectivity index (χ4v) is 2.43. The number of halogens is 1. The van der Waals surface area contributed by atoms with E-state index >= 15 is 0 Å². The van der Waals surface area contributed by atoms with Crippen molar-refractivity contribution >= 4 is 15.9 Å². The molecule has 0 spiro atoms. The first-order valence-electron chi connectivity index (χ1n) is 6.71. The molecular formula is C16H19BrN2O. The van der Waals surface area contributed by atoms with Crippen molar-refractivity contribution in [1.82, 2.24) is 4.98 Å². The van der Waals surface area contributed by atoms with Gasteiger partial charge in [-0.25, -0.2) is 0 Å². The van der Waals surface area contributed by atoms with Gasteiger partial charge in [-0.05, 0) is 48.7 Å². The maximum absolute atomic E-state index is 5.89. The number of benzene rings is 1. The molecule has 0 aliphatic rings. The molecule has 1 atom stereocenters. The zero-order valence-electron chi connectivity index (χ0n) is 11.6. The summed E-state index contributed by atoms with van der Waals surface area (Å²) < 4.78 is 6.94. The normalized spacial score (nSPS) is 12.2. The average Bonchev–Trinajstić information content (AvgIpc) is 2.42. The van der Waals surface area contributed by atoms with Crippen LogP contribution in [0.1, 0.15) is 18.1 Å². The minimum absolute atomic E-state index is 0.116. The SMILES string of the molecule is CC(N)Cc1cc(Br)ccc1OCCc1cccnc1. The van der Waals surface area contributed by atoms with Crippen LogP contribution in [0.15, 0.2) is 47.2 Å². The number of hydrogen-bond acceptors (Lipinski definition) is 3. The van der Waals surface area contributed by atoms with Crippen molar-refractivity contribution < 1.29 is 4.74 Å². The van der Waals surface area contributed by atoms with E-state index in [1.807, 2.05) is 31.3 Å². The average molecular weight is 335 g/mol. The van der Waals surface area contributed by atoms with Gasteiger partial charge in [0.25, 0.3) is 0 Å². The zero-order valence-corrected chi connectivity index (χ0v) is 13.1. The molecule has 1 unspecified atom stereocenters. The maximum atomic E-state index is 5.89. The van der Waals surface area contributed by atoms with E-state index < -0.39 is 0 Å². The fourth-order valence-electron chi connectivity index (χ4n) is 2.02. The minimum Gasteiger partial charge on any atom is -0.493 e. The van der Waals surface area contributed by atoms with Crippen LogP contribution in [0.2, 0.25) is 0 Å². The highest BCUT2D eigenvalue weighted by Crippen LogP contribution is 2.24. The quantitative estimate of drug-likeness (QED) is 0.881. The van der Waals surface area contributed by atoms with Crippen LogP contribution in [0.5, 0.6) is 5.75 Å². The van der Waals surface area contributed by atoms with Crippen LogP contribution in [0.25, 0.3) is 0 Å². The van der Waals surface area contributed by atoms with Gasteiger partial charge >= 0.3 is 0 Å². The Morgan fingerprint density at radius 3 is 2.90 bits per heavy atom. The lowest BCUT2D eigenvalue weighted by Gasteiger charge is -2.13. The molecule has 2 N–H and O–H groups in total. The van der Waals surface area contributed by atoms with Gasteiger partial charge in [0.15, 0.2) is 0 Å². The summed E-state index contributed by atoms with van der Waals surface area (Å²) in [5.41, 5.74) is 8.20. The van der Waals surface area contributed by atoms with E-state index in [4.69, 9.17) is 10.5 Å². The van der Waals surface area contributed by atoms with Gasteiger partial charge in [-0.3, -0.25) is 4.98 Å². The number of rotatable bonds is 6. The lowest BCUT2D eigenvalue weighted by Crippen LogP contribution is -2.18. The topological polar surface area (TPSA) is 48.1 Å². The molecule has 2 aromatic rings. The van der Waals surface area contributed by atoms with Crippen molar-refractivity contribution in [2.24, 2.45) is 5.73 Å². The molecule has 1 heterocycles. The summed E-state index contributed by atoms with van der Waals surface area (Å²) in [7, 11) is 0.